The molecule has 5 heteroatoms. The molecule has 1 aromatic carbocycles. The van der Waals surface area contributed by atoms with Gasteiger partial charge in [0.05, 0.1) is 31.4 Å². The molecular formula is C12H14N2O2S. The second-order valence-corrected chi connectivity index (χ2v) is 4.75. The fraction of sp³-hybridized carbons (Fsp3) is 0.417. The average molecular weight is 250 g/mol. The van der Waals surface area contributed by atoms with Crippen LogP contribution in [0.4, 0.5) is 5.00 Å². The van der Waals surface area contributed by atoms with Gasteiger partial charge in [-0.3, -0.25) is 0 Å². The van der Waals surface area contributed by atoms with Crippen LogP contribution >= 0.6 is 11.5 Å². The third-order valence-corrected chi connectivity index (χ3v) is 3.59. The fourth-order valence-electron chi connectivity index (χ4n) is 1.88. The van der Waals surface area contributed by atoms with Crippen molar-refractivity contribution in [1.82, 2.24) is 4.37 Å². The maximum atomic E-state index is 5.59. The van der Waals surface area contributed by atoms with Crippen LogP contribution in [0.2, 0.25) is 0 Å². The van der Waals surface area contributed by atoms with Crippen LogP contribution in [0.1, 0.15) is 0 Å². The summed E-state index contributed by atoms with van der Waals surface area (Å²) in [5, 5.41) is 5.67. The molecule has 3 rings (SSSR count). The van der Waals surface area contributed by atoms with E-state index in [4.69, 9.17) is 9.47 Å². The van der Waals surface area contributed by atoms with Crippen LogP contribution in [0.3, 0.4) is 0 Å². The number of ether oxygens (including phenoxy) is 2. The minimum absolute atomic E-state index is 0.143. The summed E-state index contributed by atoms with van der Waals surface area (Å²) in [6, 6.07) is 8.14. The van der Waals surface area contributed by atoms with E-state index in [-0.39, 0.29) is 6.10 Å². The third kappa shape index (κ3) is 2.41. The molecule has 2 heterocycles. The van der Waals surface area contributed by atoms with Crippen LogP contribution in [0, 0.1) is 0 Å². The predicted octanol–water partition coefficient (Wildman–Crippen LogP) is 2.12. The van der Waals surface area contributed by atoms with E-state index in [1.807, 2.05) is 18.2 Å². The smallest absolute Gasteiger partial charge is 0.117 e. The van der Waals surface area contributed by atoms with Gasteiger partial charge in [0, 0.05) is 11.9 Å². The highest BCUT2D eigenvalue weighted by molar-refractivity contribution is 7.11. The summed E-state index contributed by atoms with van der Waals surface area (Å²) in [5.41, 5.74) is 1.04. The zero-order valence-corrected chi connectivity index (χ0v) is 10.2. The highest BCUT2D eigenvalue weighted by atomic mass is 32.1. The van der Waals surface area contributed by atoms with Crippen molar-refractivity contribution in [3.63, 3.8) is 0 Å². The number of hydrogen-bond donors (Lipinski definition) is 1. The van der Waals surface area contributed by atoms with Crippen LogP contribution in [0.15, 0.2) is 24.3 Å². The van der Waals surface area contributed by atoms with Crippen molar-refractivity contribution in [2.45, 2.75) is 6.10 Å². The zero-order chi connectivity index (χ0) is 11.5. The molecule has 1 unspecified atom stereocenters. The number of nitrogens with zero attached hydrogens (tertiary/aromatic N) is 1. The van der Waals surface area contributed by atoms with Gasteiger partial charge in [0.2, 0.25) is 0 Å². The Hall–Kier alpha value is -1.17. The van der Waals surface area contributed by atoms with Gasteiger partial charge < -0.3 is 14.8 Å². The lowest BCUT2D eigenvalue weighted by Crippen LogP contribution is -2.34. The normalized spacial score (nSPS) is 20.6. The first-order chi connectivity index (χ1) is 8.43. The summed E-state index contributed by atoms with van der Waals surface area (Å²) in [4.78, 5) is 0. The van der Waals surface area contributed by atoms with E-state index in [9.17, 15) is 0 Å². The van der Waals surface area contributed by atoms with Crippen LogP contribution < -0.4 is 5.32 Å². The van der Waals surface area contributed by atoms with Gasteiger partial charge >= 0.3 is 0 Å². The largest absolute Gasteiger partial charge is 0.376 e. The van der Waals surface area contributed by atoms with Gasteiger partial charge in [-0.15, -0.1) is 0 Å². The van der Waals surface area contributed by atoms with Crippen molar-refractivity contribution in [3.8, 4) is 0 Å². The second-order valence-electron chi connectivity index (χ2n) is 3.98. The van der Waals surface area contributed by atoms with Crippen LogP contribution in [-0.2, 0) is 9.47 Å². The lowest BCUT2D eigenvalue weighted by molar-refractivity contribution is -0.0818. The average Bonchev–Trinajstić information content (AvgIpc) is 2.81. The van der Waals surface area contributed by atoms with E-state index >= 15 is 0 Å². The van der Waals surface area contributed by atoms with Crippen molar-refractivity contribution in [2.75, 3.05) is 31.7 Å². The van der Waals surface area contributed by atoms with E-state index in [0.717, 1.165) is 17.1 Å². The molecule has 1 aliphatic rings. The SMILES string of the molecule is c1ccc2c(NCC3COCCO3)snc2c1. The van der Waals surface area contributed by atoms with E-state index in [1.165, 1.54) is 16.9 Å². The Morgan fingerprint density at radius 3 is 3.18 bits per heavy atom. The quantitative estimate of drug-likeness (QED) is 0.906. The highest BCUT2D eigenvalue weighted by Crippen LogP contribution is 2.27. The monoisotopic (exact) mass is 250 g/mol. The molecule has 0 radical (unpaired) electrons. The third-order valence-electron chi connectivity index (χ3n) is 2.76. The molecule has 0 aliphatic carbocycles. The van der Waals surface area contributed by atoms with Crippen LogP contribution in [0.25, 0.3) is 10.9 Å². The fourth-order valence-corrected chi connectivity index (χ4v) is 2.65. The Bertz CT molecular complexity index is 494. The van der Waals surface area contributed by atoms with Gasteiger partial charge in [0.15, 0.2) is 0 Å². The van der Waals surface area contributed by atoms with Crippen LogP contribution in [-0.4, -0.2) is 36.8 Å². The summed E-state index contributed by atoms with van der Waals surface area (Å²) >= 11 is 1.49. The Labute approximate surface area is 104 Å². The van der Waals surface area contributed by atoms with Crippen molar-refractivity contribution >= 4 is 27.4 Å². The van der Waals surface area contributed by atoms with Crippen molar-refractivity contribution < 1.29 is 9.47 Å². The lowest BCUT2D eigenvalue weighted by atomic mass is 10.2. The standard InChI is InChI=1S/C12H14N2O2S/c1-2-4-11-10(3-1)12(17-14-11)13-7-9-8-15-5-6-16-9/h1-4,9,13H,5-8H2. The minimum Gasteiger partial charge on any atom is -0.376 e. The molecule has 1 fully saturated rings. The van der Waals surface area contributed by atoms with E-state index in [1.54, 1.807) is 0 Å². The number of aromatic nitrogens is 1. The van der Waals surface area contributed by atoms with Gasteiger partial charge in [0.25, 0.3) is 0 Å². The van der Waals surface area contributed by atoms with Crippen molar-refractivity contribution in [3.05, 3.63) is 24.3 Å². The number of fused-ring (bicyclic) bond motifs is 1. The summed E-state index contributed by atoms with van der Waals surface area (Å²) < 4.78 is 15.3. The van der Waals surface area contributed by atoms with E-state index in [0.29, 0.717) is 19.8 Å². The number of nitrogens with one attached hydrogen (secondary N) is 1. The molecule has 2 aromatic rings. The molecule has 1 aromatic heterocycles. The Morgan fingerprint density at radius 2 is 2.29 bits per heavy atom. The summed E-state index contributed by atoms with van der Waals surface area (Å²) in [7, 11) is 0. The maximum absolute atomic E-state index is 5.59. The predicted molar refractivity (Wildman–Crippen MR) is 68.7 cm³/mol. The molecule has 90 valence electrons. The second kappa shape index (κ2) is 5.00. The van der Waals surface area contributed by atoms with Crippen LogP contribution in [0.5, 0.6) is 0 Å². The first-order valence-corrected chi connectivity index (χ1v) is 6.48. The Morgan fingerprint density at radius 1 is 1.35 bits per heavy atom. The Kier molecular flexibility index (Phi) is 3.22. The molecule has 0 spiro atoms. The first-order valence-electron chi connectivity index (χ1n) is 5.71. The molecule has 0 bridgehead atoms. The molecule has 0 saturated carbocycles. The highest BCUT2D eigenvalue weighted by Gasteiger charge is 2.14. The van der Waals surface area contributed by atoms with Gasteiger partial charge in [-0.05, 0) is 23.7 Å². The molecule has 0 amide bonds. The van der Waals surface area contributed by atoms with E-state index < -0.39 is 0 Å². The Balaban J connectivity index is 1.68. The zero-order valence-electron chi connectivity index (χ0n) is 9.39. The number of rotatable bonds is 3. The lowest BCUT2D eigenvalue weighted by Gasteiger charge is -2.23. The summed E-state index contributed by atoms with van der Waals surface area (Å²) in [6.45, 7) is 2.84. The van der Waals surface area contributed by atoms with Gasteiger partial charge in [-0.25, -0.2) is 0 Å². The van der Waals surface area contributed by atoms with E-state index in [2.05, 4.69) is 15.8 Å². The molecular weight excluding hydrogens is 236 g/mol. The topological polar surface area (TPSA) is 43.4 Å². The molecule has 1 aliphatic heterocycles. The van der Waals surface area contributed by atoms with Gasteiger partial charge in [-0.2, -0.15) is 4.37 Å². The van der Waals surface area contributed by atoms with Gasteiger partial charge in [-0.1, -0.05) is 12.1 Å². The maximum Gasteiger partial charge on any atom is 0.117 e. The number of anilines is 1. The minimum atomic E-state index is 0.143. The first kappa shape index (κ1) is 11.0. The number of benzene rings is 1. The molecule has 1 atom stereocenters. The summed E-state index contributed by atoms with van der Waals surface area (Å²) in [6.07, 6.45) is 0.143. The van der Waals surface area contributed by atoms with Crippen molar-refractivity contribution in [1.29, 1.82) is 0 Å². The van der Waals surface area contributed by atoms with Crippen molar-refractivity contribution in [2.24, 2.45) is 0 Å². The number of hydrogen-bond acceptors (Lipinski definition) is 5. The molecule has 17 heavy (non-hydrogen) atoms. The molecule has 1 saturated heterocycles. The molecule has 4 nitrogen and oxygen atoms in total. The molecule has 1 N–H and O–H groups in total. The van der Waals surface area contributed by atoms with Gasteiger partial charge in [0.1, 0.15) is 5.00 Å². The summed E-state index contributed by atoms with van der Waals surface area (Å²) in [5.74, 6) is 0.